The molecule has 1 aromatic rings. The highest BCUT2D eigenvalue weighted by molar-refractivity contribution is 14.0. The Morgan fingerprint density at radius 3 is 2.64 bits per heavy atom. The molecule has 160 valence electrons. The largest absolute Gasteiger partial charge is 0.380 e. The topological polar surface area (TPSA) is 58.1 Å². The minimum absolute atomic E-state index is 0. The highest BCUT2D eigenvalue weighted by Gasteiger charge is 2.28. The number of ether oxygens (including phenoxy) is 2. The Hall–Kier alpha value is -0.970. The van der Waals surface area contributed by atoms with Gasteiger partial charge in [0.2, 0.25) is 0 Å². The molecular weight excluding hydrogens is 474 g/mol. The average Bonchev–Trinajstić information content (AvgIpc) is 2.67. The summed E-state index contributed by atoms with van der Waals surface area (Å²) < 4.78 is 24.2. The zero-order valence-corrected chi connectivity index (χ0v) is 19.7. The van der Waals surface area contributed by atoms with E-state index in [-0.39, 0.29) is 41.9 Å². The summed E-state index contributed by atoms with van der Waals surface area (Å²) >= 11 is 0. The first-order valence-electron chi connectivity index (χ1n) is 9.57. The Morgan fingerprint density at radius 2 is 2.00 bits per heavy atom. The first kappa shape index (κ1) is 25.1. The third kappa shape index (κ3) is 7.81. The first-order chi connectivity index (χ1) is 13.0. The van der Waals surface area contributed by atoms with Gasteiger partial charge in [-0.3, -0.25) is 4.90 Å². The molecule has 0 bridgehead atoms. The lowest BCUT2D eigenvalue weighted by Gasteiger charge is -2.41. The molecule has 1 fully saturated rings. The van der Waals surface area contributed by atoms with Crippen molar-refractivity contribution in [3.8, 4) is 0 Å². The predicted molar refractivity (Wildman–Crippen MR) is 122 cm³/mol. The zero-order valence-electron chi connectivity index (χ0n) is 17.4. The summed E-state index contributed by atoms with van der Waals surface area (Å²) in [5.41, 5.74) is 1.51. The van der Waals surface area contributed by atoms with Crippen molar-refractivity contribution in [2.75, 3.05) is 46.5 Å². The molecule has 1 aliphatic heterocycles. The van der Waals surface area contributed by atoms with Crippen LogP contribution in [0.1, 0.15) is 31.9 Å². The number of hydrogen-bond acceptors (Lipinski definition) is 4. The predicted octanol–water partition coefficient (Wildman–Crippen LogP) is 2.76. The molecule has 0 amide bonds. The van der Waals surface area contributed by atoms with E-state index >= 15 is 0 Å². The number of halogens is 2. The fourth-order valence-corrected chi connectivity index (χ4v) is 3.09. The molecule has 1 aliphatic rings. The summed E-state index contributed by atoms with van der Waals surface area (Å²) in [7, 11) is 1.56. The molecular formula is C20H34FIN4O2. The van der Waals surface area contributed by atoms with Crippen LogP contribution in [0.3, 0.4) is 0 Å². The number of rotatable bonds is 8. The molecule has 28 heavy (non-hydrogen) atoms. The van der Waals surface area contributed by atoms with Crippen LogP contribution in [0.5, 0.6) is 0 Å². The number of morpholine rings is 1. The van der Waals surface area contributed by atoms with Gasteiger partial charge in [-0.15, -0.1) is 24.0 Å². The highest BCUT2D eigenvalue weighted by atomic mass is 127. The number of hydrogen-bond donors (Lipinski definition) is 2. The van der Waals surface area contributed by atoms with Crippen LogP contribution in [0.15, 0.2) is 23.2 Å². The van der Waals surface area contributed by atoms with Crippen LogP contribution in [-0.4, -0.2) is 62.9 Å². The molecule has 0 spiro atoms. The molecule has 0 radical (unpaired) electrons. The zero-order chi connectivity index (χ0) is 19.7. The highest BCUT2D eigenvalue weighted by Crippen LogP contribution is 2.15. The molecule has 2 rings (SSSR count). The van der Waals surface area contributed by atoms with Crippen LogP contribution in [0.4, 0.5) is 4.39 Å². The van der Waals surface area contributed by atoms with Gasteiger partial charge < -0.3 is 20.1 Å². The van der Waals surface area contributed by atoms with Crippen molar-refractivity contribution >= 4 is 29.9 Å². The van der Waals surface area contributed by atoms with Crippen molar-refractivity contribution in [3.05, 3.63) is 35.1 Å². The second-order valence-corrected chi connectivity index (χ2v) is 7.32. The van der Waals surface area contributed by atoms with Crippen LogP contribution in [0, 0.1) is 5.82 Å². The monoisotopic (exact) mass is 508 g/mol. The summed E-state index contributed by atoms with van der Waals surface area (Å²) in [5, 5.41) is 6.71. The molecule has 1 aromatic carbocycles. The van der Waals surface area contributed by atoms with E-state index < -0.39 is 0 Å². The second kappa shape index (κ2) is 12.6. The lowest BCUT2D eigenvalue weighted by Crippen LogP contribution is -2.56. The van der Waals surface area contributed by atoms with E-state index in [0.717, 1.165) is 50.9 Å². The number of aliphatic imine (C=N–C) groups is 1. The maximum Gasteiger partial charge on any atom is 0.191 e. The summed E-state index contributed by atoms with van der Waals surface area (Å²) in [4.78, 5) is 7.09. The van der Waals surface area contributed by atoms with Crippen LogP contribution in [0.25, 0.3) is 0 Å². The molecule has 0 saturated carbocycles. The third-order valence-corrected chi connectivity index (χ3v) is 4.73. The van der Waals surface area contributed by atoms with Crippen molar-refractivity contribution in [3.63, 3.8) is 0 Å². The van der Waals surface area contributed by atoms with Gasteiger partial charge in [0.05, 0.1) is 26.4 Å². The van der Waals surface area contributed by atoms with E-state index in [0.29, 0.717) is 12.1 Å². The Kier molecular flexibility index (Phi) is 11.2. The van der Waals surface area contributed by atoms with Gasteiger partial charge in [0, 0.05) is 44.4 Å². The van der Waals surface area contributed by atoms with E-state index in [1.807, 2.05) is 13.0 Å². The van der Waals surface area contributed by atoms with E-state index in [2.05, 4.69) is 34.4 Å². The molecule has 2 N–H and O–H groups in total. The smallest absolute Gasteiger partial charge is 0.191 e. The van der Waals surface area contributed by atoms with Gasteiger partial charge in [-0.1, -0.05) is 6.07 Å². The van der Waals surface area contributed by atoms with Gasteiger partial charge in [-0.25, -0.2) is 9.38 Å². The summed E-state index contributed by atoms with van der Waals surface area (Å²) in [5.74, 6) is 0.512. The van der Waals surface area contributed by atoms with Crippen molar-refractivity contribution in [2.45, 2.75) is 39.5 Å². The Morgan fingerprint density at radius 1 is 1.29 bits per heavy atom. The standard InChI is InChI=1S/C20H33FN4O2.HI/c1-5-22-19(24-15-20(2,3)25-8-10-27-11-9-25)23-13-16-6-7-18(21)17(12-16)14-26-4;/h6-7,12H,5,8-11,13-15H2,1-4H3,(H2,22,23,24);1H. The lowest BCUT2D eigenvalue weighted by molar-refractivity contribution is -0.00834. The van der Waals surface area contributed by atoms with Crippen LogP contribution in [0.2, 0.25) is 0 Å². The van der Waals surface area contributed by atoms with Gasteiger partial charge >= 0.3 is 0 Å². The number of benzene rings is 1. The minimum Gasteiger partial charge on any atom is -0.380 e. The van der Waals surface area contributed by atoms with Gasteiger partial charge in [0.25, 0.3) is 0 Å². The van der Waals surface area contributed by atoms with Crippen molar-refractivity contribution in [2.24, 2.45) is 4.99 Å². The summed E-state index contributed by atoms with van der Waals surface area (Å²) in [6, 6.07) is 5.05. The normalized spacial score (nSPS) is 15.8. The van der Waals surface area contributed by atoms with Gasteiger partial charge in [0.15, 0.2) is 5.96 Å². The number of nitrogens with one attached hydrogen (secondary N) is 2. The lowest BCUT2D eigenvalue weighted by atomic mass is 10.0. The molecule has 1 saturated heterocycles. The van der Waals surface area contributed by atoms with Crippen LogP contribution < -0.4 is 10.6 Å². The molecule has 0 aromatic heterocycles. The average molecular weight is 508 g/mol. The van der Waals surface area contributed by atoms with E-state index in [1.165, 1.54) is 6.07 Å². The van der Waals surface area contributed by atoms with Crippen molar-refractivity contribution in [1.29, 1.82) is 0 Å². The maximum absolute atomic E-state index is 13.8. The van der Waals surface area contributed by atoms with E-state index in [4.69, 9.17) is 9.47 Å². The number of methoxy groups -OCH3 is 1. The quantitative estimate of drug-likeness (QED) is 0.322. The molecule has 1 heterocycles. The molecule has 0 unspecified atom stereocenters. The van der Waals surface area contributed by atoms with Gasteiger partial charge in [-0.05, 0) is 38.5 Å². The summed E-state index contributed by atoms with van der Waals surface area (Å²) in [6.45, 7) is 12.2. The second-order valence-electron chi connectivity index (χ2n) is 7.32. The van der Waals surface area contributed by atoms with Gasteiger partial charge in [0.1, 0.15) is 5.82 Å². The number of guanidine groups is 1. The maximum atomic E-state index is 13.8. The molecule has 8 heteroatoms. The first-order valence-corrected chi connectivity index (χ1v) is 9.57. The van der Waals surface area contributed by atoms with Crippen LogP contribution >= 0.6 is 24.0 Å². The fourth-order valence-electron chi connectivity index (χ4n) is 3.09. The fraction of sp³-hybridized carbons (Fsp3) is 0.650. The minimum atomic E-state index is -0.248. The van der Waals surface area contributed by atoms with Gasteiger partial charge in [-0.2, -0.15) is 0 Å². The third-order valence-electron chi connectivity index (χ3n) is 4.73. The molecule has 0 aliphatic carbocycles. The molecule has 6 nitrogen and oxygen atoms in total. The molecule has 0 atom stereocenters. The van der Waals surface area contributed by atoms with Crippen molar-refractivity contribution in [1.82, 2.24) is 15.5 Å². The Balaban J connectivity index is 0.00000392. The summed E-state index contributed by atoms with van der Waals surface area (Å²) in [6.07, 6.45) is 0. The Bertz CT molecular complexity index is 622. The van der Waals surface area contributed by atoms with E-state index in [9.17, 15) is 4.39 Å². The van der Waals surface area contributed by atoms with E-state index in [1.54, 1.807) is 13.2 Å². The van der Waals surface area contributed by atoms with Crippen LogP contribution in [-0.2, 0) is 22.6 Å². The van der Waals surface area contributed by atoms with Crippen molar-refractivity contribution < 1.29 is 13.9 Å². The SMILES string of the molecule is CCNC(=NCc1ccc(F)c(COC)c1)NCC(C)(C)N1CCOCC1.I. The Labute approximate surface area is 185 Å². The number of nitrogens with zero attached hydrogens (tertiary/aromatic N) is 2.